The SMILES string of the molecule is O=C(OCC1=CC=CCC1)N1CCc2ccc(OCOn3nnc4ccccc43)cc2C1. The van der Waals surface area contributed by atoms with E-state index < -0.39 is 0 Å². The molecule has 0 spiro atoms. The Labute approximate surface area is 185 Å². The first-order valence-electron chi connectivity index (χ1n) is 10.7. The number of carbonyl (C=O) groups is 1. The average molecular weight is 432 g/mol. The Bertz CT molecular complexity index is 1180. The highest BCUT2D eigenvalue weighted by Gasteiger charge is 2.22. The van der Waals surface area contributed by atoms with Gasteiger partial charge in [-0.1, -0.05) is 41.3 Å². The van der Waals surface area contributed by atoms with Gasteiger partial charge in [-0.05, 0) is 65.4 Å². The second kappa shape index (κ2) is 9.13. The van der Waals surface area contributed by atoms with Crippen molar-refractivity contribution in [1.82, 2.24) is 20.1 Å². The minimum atomic E-state index is -0.279. The van der Waals surface area contributed by atoms with E-state index in [-0.39, 0.29) is 12.9 Å². The van der Waals surface area contributed by atoms with E-state index in [1.54, 1.807) is 4.90 Å². The third-order valence-electron chi connectivity index (χ3n) is 5.65. The number of rotatable bonds is 6. The first-order valence-corrected chi connectivity index (χ1v) is 10.7. The molecule has 2 aromatic carbocycles. The number of hydrogen-bond acceptors (Lipinski definition) is 6. The summed E-state index contributed by atoms with van der Waals surface area (Å²) in [6.45, 7) is 1.48. The van der Waals surface area contributed by atoms with Crippen molar-refractivity contribution in [1.29, 1.82) is 0 Å². The van der Waals surface area contributed by atoms with Gasteiger partial charge in [0.1, 0.15) is 23.4 Å². The lowest BCUT2D eigenvalue weighted by atomic mass is 10.00. The maximum absolute atomic E-state index is 12.5. The number of fused-ring (bicyclic) bond motifs is 2. The molecule has 8 heteroatoms. The molecule has 1 aliphatic carbocycles. The van der Waals surface area contributed by atoms with Crippen molar-refractivity contribution >= 4 is 17.1 Å². The third kappa shape index (κ3) is 4.44. The van der Waals surface area contributed by atoms with Crippen LogP contribution in [0.4, 0.5) is 4.79 Å². The van der Waals surface area contributed by atoms with Crippen LogP contribution in [0.5, 0.6) is 5.75 Å². The minimum Gasteiger partial charge on any atom is -0.455 e. The van der Waals surface area contributed by atoms with Crippen LogP contribution in [-0.4, -0.2) is 46.1 Å². The number of amides is 1. The van der Waals surface area contributed by atoms with Gasteiger partial charge in [-0.25, -0.2) is 4.79 Å². The van der Waals surface area contributed by atoms with Gasteiger partial charge in [-0.2, -0.15) is 0 Å². The zero-order chi connectivity index (χ0) is 21.8. The number of hydrogen-bond donors (Lipinski definition) is 0. The van der Waals surface area contributed by atoms with Crippen molar-refractivity contribution in [3.05, 3.63) is 77.4 Å². The summed E-state index contributed by atoms with van der Waals surface area (Å²) in [6, 6.07) is 13.4. The summed E-state index contributed by atoms with van der Waals surface area (Å²) >= 11 is 0. The molecule has 2 aliphatic rings. The monoisotopic (exact) mass is 432 g/mol. The Kier molecular flexibility index (Phi) is 5.74. The molecule has 0 atom stereocenters. The van der Waals surface area contributed by atoms with E-state index in [2.05, 4.69) is 16.4 Å². The van der Waals surface area contributed by atoms with E-state index in [9.17, 15) is 4.79 Å². The summed E-state index contributed by atoms with van der Waals surface area (Å²) in [5.74, 6) is 0.669. The normalized spacial score (nSPS) is 15.2. The molecule has 5 rings (SSSR count). The quantitative estimate of drug-likeness (QED) is 0.553. The molecule has 1 aromatic heterocycles. The van der Waals surface area contributed by atoms with Crippen molar-refractivity contribution in [2.75, 3.05) is 19.9 Å². The Hall–Kier alpha value is -3.81. The van der Waals surface area contributed by atoms with Crippen molar-refractivity contribution in [3.8, 4) is 5.75 Å². The number of nitrogens with zero attached hydrogens (tertiary/aromatic N) is 4. The number of para-hydroxylation sites is 1. The van der Waals surface area contributed by atoms with Gasteiger partial charge in [0.2, 0.25) is 0 Å². The van der Waals surface area contributed by atoms with E-state index >= 15 is 0 Å². The first-order chi connectivity index (χ1) is 15.8. The van der Waals surface area contributed by atoms with E-state index in [0.29, 0.717) is 25.4 Å². The fourth-order valence-corrected chi connectivity index (χ4v) is 3.88. The van der Waals surface area contributed by atoms with Gasteiger partial charge in [0, 0.05) is 13.1 Å². The predicted molar refractivity (Wildman–Crippen MR) is 118 cm³/mol. The molecule has 8 nitrogen and oxygen atoms in total. The summed E-state index contributed by atoms with van der Waals surface area (Å²) in [6.07, 6.45) is 8.61. The molecule has 0 radical (unpaired) electrons. The van der Waals surface area contributed by atoms with Gasteiger partial charge in [-0.15, -0.1) is 5.10 Å². The highest BCUT2D eigenvalue weighted by Crippen LogP contribution is 2.24. The molecule has 0 fully saturated rings. The van der Waals surface area contributed by atoms with Gasteiger partial charge >= 0.3 is 6.09 Å². The topological polar surface area (TPSA) is 78.7 Å². The maximum atomic E-state index is 12.5. The Morgan fingerprint density at radius 2 is 2.03 bits per heavy atom. The molecule has 0 bridgehead atoms. The second-order valence-electron chi connectivity index (χ2n) is 7.79. The average Bonchev–Trinajstić information content (AvgIpc) is 3.26. The van der Waals surface area contributed by atoms with Crippen LogP contribution in [-0.2, 0) is 17.7 Å². The molecule has 0 unspecified atom stereocenters. The highest BCUT2D eigenvalue weighted by molar-refractivity contribution is 5.73. The molecule has 2 heterocycles. The number of aromatic nitrogens is 3. The molecule has 164 valence electrons. The number of benzene rings is 2. The molecule has 1 aliphatic heterocycles. The summed E-state index contributed by atoms with van der Waals surface area (Å²) < 4.78 is 11.3. The van der Waals surface area contributed by atoms with Gasteiger partial charge in [0.05, 0.1) is 0 Å². The van der Waals surface area contributed by atoms with Crippen LogP contribution in [0.25, 0.3) is 11.0 Å². The minimum absolute atomic E-state index is 0.0124. The smallest absolute Gasteiger partial charge is 0.410 e. The van der Waals surface area contributed by atoms with Crippen molar-refractivity contribution in [3.63, 3.8) is 0 Å². The van der Waals surface area contributed by atoms with E-state index in [1.807, 2.05) is 54.6 Å². The van der Waals surface area contributed by atoms with Gasteiger partial charge in [0.15, 0.2) is 0 Å². The van der Waals surface area contributed by atoms with Crippen LogP contribution in [0.3, 0.4) is 0 Å². The largest absolute Gasteiger partial charge is 0.455 e. The summed E-state index contributed by atoms with van der Waals surface area (Å²) in [4.78, 5) is 21.2. The van der Waals surface area contributed by atoms with E-state index in [0.717, 1.165) is 41.4 Å². The van der Waals surface area contributed by atoms with Crippen LogP contribution < -0.4 is 9.57 Å². The zero-order valence-electron chi connectivity index (χ0n) is 17.6. The number of ether oxygens (including phenoxy) is 2. The lowest BCUT2D eigenvalue weighted by molar-refractivity contribution is -0.00938. The molecule has 0 saturated carbocycles. The molecule has 3 aromatic rings. The molecule has 0 N–H and O–H groups in total. The number of allylic oxidation sites excluding steroid dienone is 3. The van der Waals surface area contributed by atoms with Crippen molar-refractivity contribution in [2.45, 2.75) is 25.8 Å². The van der Waals surface area contributed by atoms with Gasteiger partial charge in [0.25, 0.3) is 6.79 Å². The second-order valence-corrected chi connectivity index (χ2v) is 7.79. The Morgan fingerprint density at radius 1 is 1.09 bits per heavy atom. The van der Waals surface area contributed by atoms with E-state index in [1.165, 1.54) is 10.4 Å². The number of carbonyl (C=O) groups excluding carboxylic acids is 1. The van der Waals surface area contributed by atoms with Crippen molar-refractivity contribution in [2.24, 2.45) is 0 Å². The lowest BCUT2D eigenvalue weighted by Crippen LogP contribution is -2.36. The maximum Gasteiger partial charge on any atom is 0.410 e. The molecule has 1 amide bonds. The molecular formula is C24H24N4O4. The van der Waals surface area contributed by atoms with Crippen LogP contribution >= 0.6 is 0 Å². The first kappa shape index (κ1) is 20.1. The van der Waals surface area contributed by atoms with Gasteiger partial charge in [-0.3, -0.25) is 0 Å². The summed E-state index contributed by atoms with van der Waals surface area (Å²) in [5, 5.41) is 8.02. The summed E-state index contributed by atoms with van der Waals surface area (Å²) in [7, 11) is 0. The Morgan fingerprint density at radius 3 is 2.94 bits per heavy atom. The van der Waals surface area contributed by atoms with Crippen LogP contribution in [0, 0.1) is 0 Å². The van der Waals surface area contributed by atoms with Crippen molar-refractivity contribution < 1.29 is 19.1 Å². The van der Waals surface area contributed by atoms with Gasteiger partial charge < -0.3 is 19.2 Å². The molecule has 32 heavy (non-hydrogen) atoms. The predicted octanol–water partition coefficient (Wildman–Crippen LogP) is 3.67. The fraction of sp³-hybridized carbons (Fsp3) is 0.292. The molecular weight excluding hydrogens is 408 g/mol. The summed E-state index contributed by atoms with van der Waals surface area (Å²) in [5.41, 5.74) is 4.94. The highest BCUT2D eigenvalue weighted by atomic mass is 16.8. The fourth-order valence-electron chi connectivity index (χ4n) is 3.88. The Balaban J connectivity index is 1.16. The zero-order valence-corrected chi connectivity index (χ0v) is 17.6. The van der Waals surface area contributed by atoms with E-state index in [4.69, 9.17) is 14.3 Å². The third-order valence-corrected chi connectivity index (χ3v) is 5.65. The molecule has 0 saturated heterocycles. The van der Waals surface area contributed by atoms with Crippen LogP contribution in [0.15, 0.2) is 66.3 Å². The van der Waals surface area contributed by atoms with Crippen LogP contribution in [0.1, 0.15) is 24.0 Å². The van der Waals surface area contributed by atoms with Crippen LogP contribution in [0.2, 0.25) is 0 Å². The lowest BCUT2D eigenvalue weighted by Gasteiger charge is -2.28. The standard InChI is InChI=1S/C24H24N4O4/c29-24(30-16-18-6-2-1-3-7-18)27-13-12-19-10-11-21(14-20(19)15-27)31-17-32-28-23-9-5-4-8-22(23)25-26-28/h1-2,4-6,8-11,14H,3,7,12-13,15-17H2.